The fraction of sp³-hybridized carbons (Fsp3) is 0.562. The molecule has 1 aromatic rings. The summed E-state index contributed by atoms with van der Waals surface area (Å²) in [6.45, 7) is 7.38. The van der Waals surface area contributed by atoms with Gasteiger partial charge in [-0.05, 0) is 32.8 Å². The van der Waals surface area contributed by atoms with Crippen LogP contribution in [-0.2, 0) is 16.4 Å². The van der Waals surface area contributed by atoms with E-state index in [4.69, 9.17) is 0 Å². The van der Waals surface area contributed by atoms with Crippen LogP contribution in [0.3, 0.4) is 0 Å². The van der Waals surface area contributed by atoms with Crippen molar-refractivity contribution < 1.29 is 8.42 Å². The van der Waals surface area contributed by atoms with Crippen molar-refractivity contribution in [3.8, 4) is 0 Å². The van der Waals surface area contributed by atoms with Crippen molar-refractivity contribution in [3.63, 3.8) is 0 Å². The van der Waals surface area contributed by atoms with E-state index in [1.54, 1.807) is 0 Å². The minimum absolute atomic E-state index is 0. The van der Waals surface area contributed by atoms with Crippen molar-refractivity contribution in [2.75, 3.05) is 18.6 Å². The average molecular weight is 453 g/mol. The Bertz CT molecular complexity index is 603. The fourth-order valence-electron chi connectivity index (χ4n) is 2.00. The summed E-state index contributed by atoms with van der Waals surface area (Å²) in [6.07, 6.45) is 1.82. The zero-order chi connectivity index (χ0) is 16.6. The molecule has 1 unspecified atom stereocenters. The van der Waals surface area contributed by atoms with Crippen LogP contribution < -0.4 is 10.6 Å². The molecule has 5 nitrogen and oxygen atoms in total. The van der Waals surface area contributed by atoms with Gasteiger partial charge in [-0.3, -0.25) is 0 Å². The number of guanidine groups is 1. The normalized spacial score (nSPS) is 13.1. The van der Waals surface area contributed by atoms with E-state index in [1.807, 2.05) is 26.0 Å². The molecule has 23 heavy (non-hydrogen) atoms. The summed E-state index contributed by atoms with van der Waals surface area (Å²) < 4.78 is 22.4. The van der Waals surface area contributed by atoms with E-state index in [2.05, 4.69) is 34.7 Å². The van der Waals surface area contributed by atoms with Gasteiger partial charge in [-0.2, -0.15) is 0 Å². The largest absolute Gasteiger partial charge is 0.357 e. The molecule has 7 heteroatoms. The van der Waals surface area contributed by atoms with Crippen molar-refractivity contribution in [1.82, 2.24) is 10.6 Å². The molecule has 0 heterocycles. The van der Waals surface area contributed by atoms with Crippen molar-refractivity contribution in [3.05, 3.63) is 35.4 Å². The van der Waals surface area contributed by atoms with Crippen LogP contribution in [0.4, 0.5) is 0 Å². The maximum atomic E-state index is 11.2. The van der Waals surface area contributed by atoms with Gasteiger partial charge in [0.1, 0.15) is 9.84 Å². The molecule has 0 spiro atoms. The summed E-state index contributed by atoms with van der Waals surface area (Å²) in [5.74, 6) is 0.892. The third-order valence-electron chi connectivity index (χ3n) is 3.15. The SMILES string of the molecule is CCNC(=NCc1cccc(C)c1)NC(C)CCS(C)(=O)=O.I. The number of hydrogen-bond acceptors (Lipinski definition) is 3. The molecule has 0 saturated carbocycles. The van der Waals surface area contributed by atoms with E-state index < -0.39 is 9.84 Å². The maximum absolute atomic E-state index is 11.2. The van der Waals surface area contributed by atoms with Gasteiger partial charge >= 0.3 is 0 Å². The number of nitrogens with one attached hydrogen (secondary N) is 2. The van der Waals surface area contributed by atoms with Crippen molar-refractivity contribution in [2.45, 2.75) is 39.8 Å². The highest BCUT2D eigenvalue weighted by Crippen LogP contribution is 2.05. The summed E-state index contributed by atoms with van der Waals surface area (Å²) in [5.41, 5.74) is 2.37. The average Bonchev–Trinajstić information content (AvgIpc) is 2.42. The number of nitrogens with zero attached hydrogens (tertiary/aromatic N) is 1. The van der Waals surface area contributed by atoms with Gasteiger partial charge in [0.25, 0.3) is 0 Å². The van der Waals surface area contributed by atoms with Gasteiger partial charge in [0.05, 0.1) is 12.3 Å². The molecule has 132 valence electrons. The standard InChI is InChI=1S/C16H27N3O2S.HI/c1-5-17-16(19-14(3)9-10-22(4,20)21)18-12-15-8-6-7-13(2)11-15;/h6-8,11,14H,5,9-10,12H2,1-4H3,(H2,17,18,19);1H. The third-order valence-corrected chi connectivity index (χ3v) is 4.13. The highest BCUT2D eigenvalue weighted by atomic mass is 127. The Morgan fingerprint density at radius 3 is 2.61 bits per heavy atom. The Kier molecular flexibility index (Phi) is 10.5. The fourth-order valence-corrected chi connectivity index (χ4v) is 2.78. The van der Waals surface area contributed by atoms with Crippen LogP contribution in [0.5, 0.6) is 0 Å². The Morgan fingerprint density at radius 1 is 1.35 bits per heavy atom. The molecule has 1 rings (SSSR count). The molecule has 0 fully saturated rings. The summed E-state index contributed by atoms with van der Waals surface area (Å²) in [4.78, 5) is 4.55. The van der Waals surface area contributed by atoms with Crippen LogP contribution >= 0.6 is 24.0 Å². The predicted molar refractivity (Wildman–Crippen MR) is 108 cm³/mol. The number of hydrogen-bond donors (Lipinski definition) is 2. The molecule has 1 aromatic carbocycles. The molecule has 1 atom stereocenters. The van der Waals surface area contributed by atoms with E-state index >= 15 is 0 Å². The second-order valence-electron chi connectivity index (χ2n) is 5.65. The van der Waals surface area contributed by atoms with Crippen molar-refractivity contribution in [1.29, 1.82) is 0 Å². The topological polar surface area (TPSA) is 70.6 Å². The highest BCUT2D eigenvalue weighted by molar-refractivity contribution is 14.0. The van der Waals surface area contributed by atoms with Gasteiger partial charge < -0.3 is 10.6 Å². The van der Waals surface area contributed by atoms with Gasteiger partial charge in [0, 0.05) is 18.8 Å². The lowest BCUT2D eigenvalue weighted by Gasteiger charge is -2.17. The van der Waals surface area contributed by atoms with Gasteiger partial charge in [-0.25, -0.2) is 13.4 Å². The van der Waals surface area contributed by atoms with Crippen molar-refractivity contribution in [2.24, 2.45) is 4.99 Å². The lowest BCUT2D eigenvalue weighted by atomic mass is 10.1. The minimum Gasteiger partial charge on any atom is -0.357 e. The van der Waals surface area contributed by atoms with Gasteiger partial charge in [-0.15, -0.1) is 24.0 Å². The van der Waals surface area contributed by atoms with Crippen LogP contribution in [0.1, 0.15) is 31.4 Å². The third kappa shape index (κ3) is 10.5. The zero-order valence-electron chi connectivity index (χ0n) is 14.3. The van der Waals surface area contributed by atoms with Gasteiger partial charge in [-0.1, -0.05) is 29.8 Å². The molecule has 0 aliphatic heterocycles. The van der Waals surface area contributed by atoms with Crippen molar-refractivity contribution >= 4 is 39.8 Å². The second-order valence-corrected chi connectivity index (χ2v) is 7.91. The maximum Gasteiger partial charge on any atom is 0.191 e. The van der Waals surface area contributed by atoms with Crippen LogP contribution in [-0.4, -0.2) is 39.0 Å². The molecule has 0 aromatic heterocycles. The molecule has 0 saturated heterocycles. The number of rotatable bonds is 7. The monoisotopic (exact) mass is 453 g/mol. The van der Waals surface area contributed by atoms with E-state index in [0.29, 0.717) is 18.9 Å². The van der Waals surface area contributed by atoms with Crippen LogP contribution in [0, 0.1) is 6.92 Å². The van der Waals surface area contributed by atoms with E-state index in [0.717, 1.165) is 12.1 Å². The minimum atomic E-state index is -2.93. The zero-order valence-corrected chi connectivity index (χ0v) is 17.4. The molecular weight excluding hydrogens is 425 g/mol. The molecule has 0 radical (unpaired) electrons. The number of aryl methyl sites for hydroxylation is 1. The molecule has 2 N–H and O–H groups in total. The highest BCUT2D eigenvalue weighted by Gasteiger charge is 2.09. The number of halogens is 1. The first kappa shape index (κ1) is 22.2. The Balaban J connectivity index is 0.00000484. The lowest BCUT2D eigenvalue weighted by molar-refractivity contribution is 0.581. The summed E-state index contributed by atoms with van der Waals surface area (Å²) >= 11 is 0. The smallest absolute Gasteiger partial charge is 0.191 e. The summed E-state index contributed by atoms with van der Waals surface area (Å²) in [6, 6.07) is 8.29. The number of benzene rings is 1. The first-order valence-corrected chi connectivity index (χ1v) is 9.64. The summed E-state index contributed by atoms with van der Waals surface area (Å²) in [7, 11) is -2.93. The second kappa shape index (κ2) is 10.9. The Labute approximate surface area is 157 Å². The van der Waals surface area contributed by atoms with Crippen LogP contribution in [0.2, 0.25) is 0 Å². The first-order valence-electron chi connectivity index (χ1n) is 7.58. The summed E-state index contributed by atoms with van der Waals surface area (Å²) in [5, 5.41) is 6.43. The van der Waals surface area contributed by atoms with E-state index in [1.165, 1.54) is 11.8 Å². The Hall–Kier alpha value is -0.830. The number of sulfone groups is 1. The van der Waals surface area contributed by atoms with Crippen LogP contribution in [0.15, 0.2) is 29.3 Å². The Morgan fingerprint density at radius 2 is 2.04 bits per heavy atom. The molecule has 0 aliphatic carbocycles. The molecule has 0 aliphatic rings. The van der Waals surface area contributed by atoms with Gasteiger partial charge in [0.15, 0.2) is 5.96 Å². The van der Waals surface area contributed by atoms with E-state index in [9.17, 15) is 8.42 Å². The number of aliphatic imine (C=N–C) groups is 1. The molecular formula is C16H28IN3O2S. The predicted octanol–water partition coefficient (Wildman–Crippen LogP) is 2.49. The lowest BCUT2D eigenvalue weighted by Crippen LogP contribution is -2.42. The molecule has 0 bridgehead atoms. The van der Waals surface area contributed by atoms with E-state index in [-0.39, 0.29) is 35.8 Å². The molecule has 0 amide bonds. The van der Waals surface area contributed by atoms with Gasteiger partial charge in [0.2, 0.25) is 0 Å². The first-order chi connectivity index (χ1) is 10.3. The van der Waals surface area contributed by atoms with Crippen LogP contribution in [0.25, 0.3) is 0 Å². The quantitative estimate of drug-likeness (QED) is 0.378.